The van der Waals surface area contributed by atoms with E-state index in [0.29, 0.717) is 0 Å². The summed E-state index contributed by atoms with van der Waals surface area (Å²) < 4.78 is 24.5. The first-order valence-electron chi connectivity index (χ1n) is 2.21. The highest BCUT2D eigenvalue weighted by Crippen LogP contribution is 1.91. The maximum atomic E-state index is 10.2. The fraction of sp³-hybridized carbons (Fsp3) is 0.750. The van der Waals surface area contributed by atoms with Crippen molar-refractivity contribution in [2.75, 3.05) is 6.26 Å². The van der Waals surface area contributed by atoms with Crippen LogP contribution in [-0.2, 0) is 19.1 Å². The molecule has 53 valence electrons. The summed E-state index contributed by atoms with van der Waals surface area (Å²) in [5, 5.41) is 0. The average Bonchev–Trinajstić information content (AvgIpc) is 1.62. The molecule has 0 aliphatic heterocycles. The number of rotatable bonds is 3. The van der Waals surface area contributed by atoms with Crippen molar-refractivity contribution in [3.8, 4) is 0 Å². The van der Waals surface area contributed by atoms with Crippen molar-refractivity contribution in [1.82, 2.24) is 0 Å². The van der Waals surface area contributed by atoms with Crippen LogP contribution in [0, 0.1) is 0 Å². The van der Waals surface area contributed by atoms with Crippen molar-refractivity contribution < 1.29 is 17.4 Å². The van der Waals surface area contributed by atoms with E-state index in [9.17, 15) is 13.2 Å². The third-order valence-electron chi connectivity index (χ3n) is 0.485. The number of hydrogen-bond donors (Lipinski definition) is 0. The van der Waals surface area contributed by atoms with Gasteiger partial charge in [0, 0.05) is 0 Å². The molecule has 0 aromatic rings. The minimum Gasteiger partial charge on any atom is -0.288 e. The standard InChI is InChI=1S/C4H7O4S/c1-4(3-5)8-9(2,6)7/h4H,1-2H3. The molecule has 1 unspecified atom stereocenters. The fourth-order valence-electron chi connectivity index (χ4n) is 0.282. The topological polar surface area (TPSA) is 60.4 Å². The average molecular weight is 151 g/mol. The minimum absolute atomic E-state index is 0.876. The Balaban J connectivity index is 3.89. The monoisotopic (exact) mass is 151 g/mol. The Morgan fingerprint density at radius 2 is 2.00 bits per heavy atom. The van der Waals surface area contributed by atoms with Gasteiger partial charge in [-0.05, 0) is 6.92 Å². The van der Waals surface area contributed by atoms with Crippen LogP contribution in [0.2, 0.25) is 0 Å². The molecule has 0 aromatic carbocycles. The molecule has 0 aliphatic rings. The molecule has 0 saturated carbocycles. The van der Waals surface area contributed by atoms with Gasteiger partial charge in [0.25, 0.3) is 10.1 Å². The van der Waals surface area contributed by atoms with Gasteiger partial charge in [-0.15, -0.1) is 0 Å². The lowest BCUT2D eigenvalue weighted by atomic mass is 10.5. The van der Waals surface area contributed by atoms with Gasteiger partial charge in [-0.3, -0.25) is 8.98 Å². The number of carbonyl (C=O) groups excluding carboxylic acids is 1. The van der Waals surface area contributed by atoms with E-state index in [2.05, 4.69) is 4.18 Å². The summed E-state index contributed by atoms with van der Waals surface area (Å²) in [6.07, 6.45) is 1.25. The van der Waals surface area contributed by atoms with Crippen LogP contribution in [0.25, 0.3) is 0 Å². The van der Waals surface area contributed by atoms with Gasteiger partial charge >= 0.3 is 0 Å². The zero-order valence-corrected chi connectivity index (χ0v) is 5.94. The quantitative estimate of drug-likeness (QED) is 0.508. The maximum Gasteiger partial charge on any atom is 0.265 e. The van der Waals surface area contributed by atoms with Crippen LogP contribution in [0.15, 0.2) is 0 Å². The van der Waals surface area contributed by atoms with Gasteiger partial charge in [0.05, 0.1) is 6.26 Å². The molecule has 0 aliphatic carbocycles. The summed E-state index contributed by atoms with van der Waals surface area (Å²) in [5.74, 6) is 0. The molecule has 1 atom stereocenters. The summed E-state index contributed by atoms with van der Waals surface area (Å²) in [6, 6.07) is 0. The van der Waals surface area contributed by atoms with Crippen LogP contribution < -0.4 is 0 Å². The first-order chi connectivity index (χ1) is 3.95. The Bertz CT molecular complexity index is 181. The Labute approximate surface area is 53.9 Å². The highest BCUT2D eigenvalue weighted by molar-refractivity contribution is 7.86. The van der Waals surface area contributed by atoms with Gasteiger partial charge < -0.3 is 0 Å². The van der Waals surface area contributed by atoms with Crippen molar-refractivity contribution in [2.45, 2.75) is 13.0 Å². The molecule has 0 heterocycles. The van der Waals surface area contributed by atoms with E-state index in [1.807, 2.05) is 0 Å². The summed E-state index contributed by atoms with van der Waals surface area (Å²) >= 11 is 0. The van der Waals surface area contributed by atoms with Crippen molar-refractivity contribution in [1.29, 1.82) is 0 Å². The van der Waals surface area contributed by atoms with Gasteiger partial charge in [0.15, 0.2) is 0 Å². The summed E-state index contributed by atoms with van der Waals surface area (Å²) in [6.45, 7) is 1.30. The summed E-state index contributed by atoms with van der Waals surface area (Å²) in [7, 11) is -3.50. The van der Waals surface area contributed by atoms with E-state index < -0.39 is 16.2 Å². The molecule has 0 fully saturated rings. The fourth-order valence-corrected chi connectivity index (χ4v) is 0.845. The summed E-state index contributed by atoms with van der Waals surface area (Å²) in [5.41, 5.74) is 0. The van der Waals surface area contributed by atoms with E-state index in [0.717, 1.165) is 6.26 Å². The first kappa shape index (κ1) is 8.58. The molecule has 9 heavy (non-hydrogen) atoms. The minimum atomic E-state index is -3.50. The van der Waals surface area contributed by atoms with Crippen molar-refractivity contribution in [3.63, 3.8) is 0 Å². The molecule has 0 bridgehead atoms. The Hall–Kier alpha value is -0.420. The predicted molar refractivity (Wildman–Crippen MR) is 31.1 cm³/mol. The lowest BCUT2D eigenvalue weighted by Gasteiger charge is -1.99. The van der Waals surface area contributed by atoms with Crippen molar-refractivity contribution in [3.05, 3.63) is 0 Å². The zero-order valence-electron chi connectivity index (χ0n) is 5.12. The smallest absolute Gasteiger partial charge is 0.265 e. The second-order valence-electron chi connectivity index (χ2n) is 1.56. The van der Waals surface area contributed by atoms with Gasteiger partial charge in [-0.1, -0.05) is 0 Å². The molecule has 0 aromatic heterocycles. The maximum absolute atomic E-state index is 10.2. The normalized spacial score (nSPS) is 14.9. The van der Waals surface area contributed by atoms with E-state index in [1.165, 1.54) is 13.2 Å². The summed E-state index contributed by atoms with van der Waals surface area (Å²) in [4.78, 5) is 9.67. The van der Waals surface area contributed by atoms with Crippen LogP contribution >= 0.6 is 0 Å². The van der Waals surface area contributed by atoms with Gasteiger partial charge in [-0.25, -0.2) is 0 Å². The molecule has 0 saturated heterocycles. The highest BCUT2D eigenvalue weighted by atomic mass is 32.2. The van der Waals surface area contributed by atoms with Crippen LogP contribution in [0.1, 0.15) is 6.92 Å². The Morgan fingerprint density at radius 1 is 1.56 bits per heavy atom. The third kappa shape index (κ3) is 5.45. The highest BCUT2D eigenvalue weighted by Gasteiger charge is 2.08. The molecule has 4 nitrogen and oxygen atoms in total. The van der Waals surface area contributed by atoms with Gasteiger partial charge in [0.2, 0.25) is 6.29 Å². The SMILES string of the molecule is CC([C]=O)OS(C)(=O)=O. The molecular formula is C4H7O4S. The van der Waals surface area contributed by atoms with E-state index in [-0.39, 0.29) is 0 Å². The largest absolute Gasteiger partial charge is 0.288 e. The number of hydrogen-bond acceptors (Lipinski definition) is 4. The molecular weight excluding hydrogens is 144 g/mol. The molecule has 0 spiro atoms. The van der Waals surface area contributed by atoms with Crippen molar-refractivity contribution in [2.24, 2.45) is 0 Å². The van der Waals surface area contributed by atoms with Crippen LogP contribution in [0.4, 0.5) is 0 Å². The van der Waals surface area contributed by atoms with E-state index >= 15 is 0 Å². The van der Waals surface area contributed by atoms with Gasteiger partial charge in [0.1, 0.15) is 6.10 Å². The first-order valence-corrected chi connectivity index (χ1v) is 4.03. The zero-order chi connectivity index (χ0) is 7.49. The predicted octanol–water partition coefficient (Wildman–Crippen LogP) is -0.539. The molecule has 0 rings (SSSR count). The van der Waals surface area contributed by atoms with E-state index in [1.54, 1.807) is 0 Å². The van der Waals surface area contributed by atoms with E-state index in [4.69, 9.17) is 0 Å². The van der Waals surface area contributed by atoms with Gasteiger partial charge in [-0.2, -0.15) is 8.42 Å². The molecule has 5 heteroatoms. The van der Waals surface area contributed by atoms with Crippen LogP contribution in [0.3, 0.4) is 0 Å². The lowest BCUT2D eigenvalue weighted by molar-refractivity contribution is 0.285. The van der Waals surface area contributed by atoms with Crippen LogP contribution in [0.5, 0.6) is 0 Å². The molecule has 0 N–H and O–H groups in total. The third-order valence-corrected chi connectivity index (χ3v) is 1.12. The van der Waals surface area contributed by atoms with Crippen molar-refractivity contribution >= 4 is 16.4 Å². The second kappa shape index (κ2) is 2.93. The van der Waals surface area contributed by atoms with Crippen LogP contribution in [-0.4, -0.2) is 27.1 Å². The second-order valence-corrected chi connectivity index (χ2v) is 3.16. The lowest BCUT2D eigenvalue weighted by Crippen LogP contribution is -2.14. The molecule has 1 radical (unpaired) electrons. The molecule has 0 amide bonds. The Morgan fingerprint density at radius 3 is 2.11 bits per heavy atom. The Kier molecular flexibility index (Phi) is 2.80.